The van der Waals surface area contributed by atoms with Crippen molar-refractivity contribution in [3.63, 3.8) is 0 Å². The summed E-state index contributed by atoms with van der Waals surface area (Å²) in [5, 5.41) is 8.71. The second-order valence-corrected chi connectivity index (χ2v) is 6.79. The van der Waals surface area contributed by atoms with Crippen LogP contribution < -0.4 is 5.32 Å². The highest BCUT2D eigenvalue weighted by Crippen LogP contribution is 2.28. The molecule has 0 saturated heterocycles. The van der Waals surface area contributed by atoms with Crippen molar-refractivity contribution in [1.29, 1.82) is 0 Å². The molecule has 0 radical (unpaired) electrons. The zero-order valence-corrected chi connectivity index (χ0v) is 13.9. The number of benzene rings is 1. The molecule has 0 unspecified atom stereocenters. The fraction of sp³-hybridized carbons (Fsp3) is 0.467. The highest BCUT2D eigenvalue weighted by molar-refractivity contribution is 7.98. The molecule has 0 amide bonds. The summed E-state index contributed by atoms with van der Waals surface area (Å²) in [6, 6.07) is 8.81. The van der Waals surface area contributed by atoms with Crippen molar-refractivity contribution in [1.82, 2.24) is 9.59 Å². The van der Waals surface area contributed by atoms with Crippen LogP contribution in [0.1, 0.15) is 44.4 Å². The average Bonchev–Trinajstić information content (AvgIpc) is 2.90. The molecular formula is C15H21N3S2. The van der Waals surface area contributed by atoms with Crippen molar-refractivity contribution in [2.24, 2.45) is 0 Å². The third-order valence-corrected chi connectivity index (χ3v) is 4.76. The summed E-state index contributed by atoms with van der Waals surface area (Å²) in [4.78, 5) is 1.28. The number of nitrogens with zero attached hydrogens (tertiary/aromatic N) is 2. The van der Waals surface area contributed by atoms with Crippen molar-refractivity contribution in [2.45, 2.75) is 43.8 Å². The monoisotopic (exact) mass is 307 g/mol. The van der Waals surface area contributed by atoms with Crippen LogP contribution in [0.2, 0.25) is 0 Å². The van der Waals surface area contributed by atoms with E-state index in [-0.39, 0.29) is 0 Å². The molecule has 0 atom stereocenters. The number of aromatic nitrogens is 2. The Balaban J connectivity index is 1.93. The minimum absolute atomic E-state index is 0.585. The Morgan fingerprint density at radius 2 is 2.00 bits per heavy atom. The second-order valence-electron chi connectivity index (χ2n) is 4.99. The molecule has 0 fully saturated rings. The van der Waals surface area contributed by atoms with Gasteiger partial charge in [0.2, 0.25) is 0 Å². The van der Waals surface area contributed by atoms with Gasteiger partial charge < -0.3 is 5.32 Å². The quantitative estimate of drug-likeness (QED) is 0.747. The molecule has 1 aromatic heterocycles. The first-order valence-corrected chi connectivity index (χ1v) is 8.74. The van der Waals surface area contributed by atoms with Crippen LogP contribution in [0.25, 0.3) is 0 Å². The van der Waals surface area contributed by atoms with E-state index in [9.17, 15) is 0 Å². The number of thioether (sulfide) groups is 1. The highest BCUT2D eigenvalue weighted by Gasteiger charge is 2.08. The SMILES string of the molecule is CCCNc1snnc1CSc1ccc(C(C)C)cc1. The summed E-state index contributed by atoms with van der Waals surface area (Å²) < 4.78 is 4.04. The minimum Gasteiger partial charge on any atom is -0.374 e. The third kappa shape index (κ3) is 4.21. The van der Waals surface area contributed by atoms with Crippen molar-refractivity contribution >= 4 is 28.3 Å². The van der Waals surface area contributed by atoms with Crippen LogP contribution in [-0.2, 0) is 5.75 Å². The molecule has 1 N–H and O–H groups in total. The van der Waals surface area contributed by atoms with Gasteiger partial charge in [0.15, 0.2) is 0 Å². The Morgan fingerprint density at radius 3 is 2.65 bits per heavy atom. The van der Waals surface area contributed by atoms with Crippen molar-refractivity contribution < 1.29 is 0 Å². The van der Waals surface area contributed by atoms with Gasteiger partial charge in [-0.05, 0) is 30.0 Å². The van der Waals surface area contributed by atoms with Gasteiger partial charge in [-0.15, -0.1) is 16.9 Å². The van der Waals surface area contributed by atoms with Crippen molar-refractivity contribution in [3.8, 4) is 0 Å². The van der Waals surface area contributed by atoms with E-state index in [2.05, 4.69) is 59.9 Å². The maximum atomic E-state index is 4.22. The van der Waals surface area contributed by atoms with E-state index in [1.165, 1.54) is 22.0 Å². The van der Waals surface area contributed by atoms with E-state index < -0.39 is 0 Å². The normalized spacial score (nSPS) is 11.0. The van der Waals surface area contributed by atoms with Crippen molar-refractivity contribution in [2.75, 3.05) is 11.9 Å². The fourth-order valence-corrected chi connectivity index (χ4v) is 3.31. The average molecular weight is 307 g/mol. The standard InChI is InChI=1S/C15H21N3S2/c1-4-9-16-15-14(17-18-20-15)10-19-13-7-5-12(6-8-13)11(2)3/h5-8,11,16H,4,9-10H2,1-3H3. The Bertz CT molecular complexity index is 520. The Kier molecular flexibility index (Phi) is 5.86. The van der Waals surface area contributed by atoms with E-state index in [1.807, 2.05) is 11.8 Å². The summed E-state index contributed by atoms with van der Waals surface area (Å²) in [5.74, 6) is 1.45. The molecule has 0 aliphatic heterocycles. The fourth-order valence-electron chi connectivity index (χ4n) is 1.78. The van der Waals surface area contributed by atoms with Crippen LogP contribution in [0, 0.1) is 0 Å². The van der Waals surface area contributed by atoms with E-state index in [0.29, 0.717) is 5.92 Å². The molecule has 0 aliphatic carbocycles. The van der Waals surface area contributed by atoms with Crippen LogP contribution in [0.5, 0.6) is 0 Å². The first kappa shape index (κ1) is 15.3. The maximum absolute atomic E-state index is 4.22. The molecule has 5 heteroatoms. The van der Waals surface area contributed by atoms with Gasteiger partial charge in [-0.2, -0.15) is 0 Å². The number of hydrogen-bond donors (Lipinski definition) is 1. The molecule has 108 valence electrons. The van der Waals surface area contributed by atoms with E-state index >= 15 is 0 Å². The summed E-state index contributed by atoms with van der Waals surface area (Å²) in [6.07, 6.45) is 1.11. The molecule has 2 aromatic rings. The summed E-state index contributed by atoms with van der Waals surface area (Å²) in [5.41, 5.74) is 2.44. The van der Waals surface area contributed by atoms with Gasteiger partial charge in [0.05, 0.1) is 0 Å². The van der Waals surface area contributed by atoms with Gasteiger partial charge in [-0.1, -0.05) is 37.4 Å². The third-order valence-electron chi connectivity index (χ3n) is 3.01. The zero-order valence-electron chi connectivity index (χ0n) is 12.2. The van der Waals surface area contributed by atoms with Crippen LogP contribution in [0.15, 0.2) is 29.2 Å². The highest BCUT2D eigenvalue weighted by atomic mass is 32.2. The lowest BCUT2D eigenvalue weighted by Gasteiger charge is -2.07. The number of hydrogen-bond acceptors (Lipinski definition) is 5. The Hall–Kier alpha value is -1.07. The lowest BCUT2D eigenvalue weighted by atomic mass is 10.0. The predicted octanol–water partition coefficient (Wildman–Crippen LogP) is 4.78. The van der Waals surface area contributed by atoms with E-state index in [4.69, 9.17) is 0 Å². The molecule has 1 heterocycles. The predicted molar refractivity (Wildman–Crippen MR) is 88.8 cm³/mol. The van der Waals surface area contributed by atoms with Crippen molar-refractivity contribution in [3.05, 3.63) is 35.5 Å². The lowest BCUT2D eigenvalue weighted by Crippen LogP contribution is -2.00. The molecule has 1 aromatic carbocycles. The molecule has 3 nitrogen and oxygen atoms in total. The minimum atomic E-state index is 0.585. The van der Waals surface area contributed by atoms with Gasteiger partial charge >= 0.3 is 0 Å². The zero-order chi connectivity index (χ0) is 14.4. The molecule has 0 spiro atoms. The summed E-state index contributed by atoms with van der Waals surface area (Å²) in [7, 11) is 0. The number of anilines is 1. The summed E-state index contributed by atoms with van der Waals surface area (Å²) >= 11 is 3.26. The Morgan fingerprint density at radius 1 is 1.25 bits per heavy atom. The molecular weight excluding hydrogens is 286 g/mol. The first-order valence-electron chi connectivity index (χ1n) is 6.98. The summed E-state index contributed by atoms with van der Waals surface area (Å²) in [6.45, 7) is 7.57. The molecule has 0 aliphatic rings. The van der Waals surface area contributed by atoms with Crippen LogP contribution >= 0.6 is 23.3 Å². The first-order chi connectivity index (χ1) is 9.70. The number of rotatable bonds is 7. The van der Waals surface area contributed by atoms with Crippen LogP contribution in [0.3, 0.4) is 0 Å². The Labute approximate surface area is 129 Å². The van der Waals surface area contributed by atoms with Gasteiger partial charge in [-0.25, -0.2) is 0 Å². The topological polar surface area (TPSA) is 37.8 Å². The van der Waals surface area contributed by atoms with Gasteiger partial charge in [-0.3, -0.25) is 0 Å². The van der Waals surface area contributed by atoms with Crippen LogP contribution in [0.4, 0.5) is 5.00 Å². The maximum Gasteiger partial charge on any atom is 0.134 e. The van der Waals surface area contributed by atoms with E-state index in [0.717, 1.165) is 29.4 Å². The van der Waals surface area contributed by atoms with Gasteiger partial charge in [0, 0.05) is 28.7 Å². The van der Waals surface area contributed by atoms with Crippen LogP contribution in [-0.4, -0.2) is 16.1 Å². The number of nitrogens with one attached hydrogen (secondary N) is 1. The molecule has 0 saturated carbocycles. The van der Waals surface area contributed by atoms with Gasteiger partial charge in [0.1, 0.15) is 10.7 Å². The van der Waals surface area contributed by atoms with E-state index in [1.54, 1.807) is 0 Å². The second kappa shape index (κ2) is 7.64. The molecule has 0 bridgehead atoms. The molecule has 20 heavy (non-hydrogen) atoms. The largest absolute Gasteiger partial charge is 0.374 e. The smallest absolute Gasteiger partial charge is 0.134 e. The lowest BCUT2D eigenvalue weighted by molar-refractivity contribution is 0.865. The molecule has 2 rings (SSSR count). The van der Waals surface area contributed by atoms with Gasteiger partial charge in [0.25, 0.3) is 0 Å².